The largest absolute Gasteiger partial charge is 0.368 e. The fourth-order valence-electron chi connectivity index (χ4n) is 2.88. The molecule has 3 nitrogen and oxygen atoms in total. The highest BCUT2D eigenvalue weighted by molar-refractivity contribution is 6.31. The molecule has 1 aliphatic heterocycles. The molecule has 0 bridgehead atoms. The molecule has 3 rings (SSSR count). The molecule has 1 aromatic carbocycles. The molecule has 0 atom stereocenters. The second-order valence-electron chi connectivity index (χ2n) is 5.36. The van der Waals surface area contributed by atoms with Crippen LogP contribution < -0.4 is 4.90 Å². The van der Waals surface area contributed by atoms with E-state index in [1.807, 2.05) is 18.3 Å². The third-order valence-corrected chi connectivity index (χ3v) is 4.51. The maximum Gasteiger partial charge on any atom is 0.0737 e. The molecule has 1 saturated heterocycles. The Morgan fingerprint density at radius 2 is 1.90 bits per heavy atom. The smallest absolute Gasteiger partial charge is 0.0737 e. The summed E-state index contributed by atoms with van der Waals surface area (Å²) in [4.78, 5) is 9.34. The van der Waals surface area contributed by atoms with Crippen LogP contribution >= 0.6 is 23.2 Å². The average Bonchev–Trinajstić information content (AvgIpc) is 2.52. The van der Waals surface area contributed by atoms with E-state index in [-0.39, 0.29) is 0 Å². The number of aromatic nitrogens is 1. The number of hydrogen-bond donors (Lipinski definition) is 0. The number of anilines is 1. The van der Waals surface area contributed by atoms with Crippen LogP contribution in [-0.2, 0) is 0 Å². The number of nitrogens with zero attached hydrogens (tertiary/aromatic N) is 3. The van der Waals surface area contributed by atoms with E-state index in [0.29, 0.717) is 0 Å². The first-order chi connectivity index (χ1) is 10.3. The molecule has 0 radical (unpaired) electrons. The fourth-order valence-corrected chi connectivity index (χ4v) is 3.16. The number of rotatable bonds is 4. The van der Waals surface area contributed by atoms with Gasteiger partial charge in [0, 0.05) is 54.4 Å². The molecular weight excluding hydrogens is 305 g/mol. The molecule has 112 valence electrons. The van der Waals surface area contributed by atoms with E-state index >= 15 is 0 Å². The van der Waals surface area contributed by atoms with E-state index in [2.05, 4.69) is 26.9 Å². The van der Waals surface area contributed by atoms with Crippen LogP contribution in [0.2, 0.25) is 5.02 Å². The van der Waals surface area contributed by atoms with E-state index in [4.69, 9.17) is 23.2 Å². The molecule has 2 aromatic rings. The Balaban J connectivity index is 1.76. The van der Waals surface area contributed by atoms with Crippen LogP contribution in [0.4, 0.5) is 5.69 Å². The molecule has 1 aromatic heterocycles. The van der Waals surface area contributed by atoms with Crippen LogP contribution in [0, 0.1) is 0 Å². The lowest BCUT2D eigenvalue weighted by molar-refractivity contribution is 0.259. The number of alkyl halides is 1. The van der Waals surface area contributed by atoms with E-state index < -0.39 is 0 Å². The summed E-state index contributed by atoms with van der Waals surface area (Å²) in [6.45, 7) is 5.38. The van der Waals surface area contributed by atoms with Gasteiger partial charge in [-0.25, -0.2) is 0 Å². The number of piperazine rings is 1. The lowest BCUT2D eigenvalue weighted by Crippen LogP contribution is -2.46. The van der Waals surface area contributed by atoms with Gasteiger partial charge in [-0.15, -0.1) is 11.6 Å². The Hall–Kier alpha value is -1.03. The number of benzene rings is 1. The summed E-state index contributed by atoms with van der Waals surface area (Å²) in [5.41, 5.74) is 2.22. The quantitative estimate of drug-likeness (QED) is 0.801. The molecule has 0 N–H and O–H groups in total. The maximum atomic E-state index is 6.05. The van der Waals surface area contributed by atoms with Crippen molar-refractivity contribution < 1.29 is 0 Å². The Bertz CT molecular complexity index is 609. The van der Waals surface area contributed by atoms with Crippen molar-refractivity contribution in [3.8, 4) is 0 Å². The molecular formula is C16H19Cl2N3. The van der Waals surface area contributed by atoms with Gasteiger partial charge in [-0.05, 0) is 37.2 Å². The van der Waals surface area contributed by atoms with Crippen LogP contribution in [0.3, 0.4) is 0 Å². The van der Waals surface area contributed by atoms with E-state index in [1.54, 1.807) is 0 Å². The minimum Gasteiger partial charge on any atom is -0.368 e. The van der Waals surface area contributed by atoms with Gasteiger partial charge in [0.05, 0.1) is 5.52 Å². The highest BCUT2D eigenvalue weighted by Crippen LogP contribution is 2.28. The predicted molar refractivity (Wildman–Crippen MR) is 90.7 cm³/mol. The molecule has 1 aliphatic rings. The summed E-state index contributed by atoms with van der Waals surface area (Å²) >= 11 is 11.8. The summed E-state index contributed by atoms with van der Waals surface area (Å²) in [6, 6.07) is 8.04. The monoisotopic (exact) mass is 323 g/mol. The summed E-state index contributed by atoms with van der Waals surface area (Å²) < 4.78 is 0. The van der Waals surface area contributed by atoms with E-state index in [9.17, 15) is 0 Å². The lowest BCUT2D eigenvalue weighted by atomic mass is 10.1. The van der Waals surface area contributed by atoms with Crippen molar-refractivity contribution in [2.45, 2.75) is 6.42 Å². The first-order valence-electron chi connectivity index (χ1n) is 7.35. The van der Waals surface area contributed by atoms with Crippen molar-refractivity contribution in [1.82, 2.24) is 9.88 Å². The molecule has 0 unspecified atom stereocenters. The molecule has 2 heterocycles. The summed E-state index contributed by atoms with van der Waals surface area (Å²) in [5, 5.41) is 1.91. The van der Waals surface area contributed by atoms with Gasteiger partial charge in [-0.2, -0.15) is 0 Å². The fraction of sp³-hybridized carbons (Fsp3) is 0.438. The third-order valence-electron chi connectivity index (χ3n) is 4.00. The Kier molecular flexibility index (Phi) is 4.84. The van der Waals surface area contributed by atoms with Crippen molar-refractivity contribution in [3.05, 3.63) is 35.5 Å². The predicted octanol–water partition coefficient (Wildman–Crippen LogP) is 3.64. The maximum absolute atomic E-state index is 6.05. The number of halogens is 2. The molecule has 0 amide bonds. The molecule has 0 aliphatic carbocycles. The van der Waals surface area contributed by atoms with Crippen LogP contribution in [0.1, 0.15) is 6.42 Å². The van der Waals surface area contributed by atoms with Gasteiger partial charge in [0.1, 0.15) is 0 Å². The summed E-state index contributed by atoms with van der Waals surface area (Å²) in [5.74, 6) is 0.746. The van der Waals surface area contributed by atoms with Gasteiger partial charge in [-0.3, -0.25) is 9.88 Å². The number of hydrogen-bond acceptors (Lipinski definition) is 3. The Morgan fingerprint density at radius 1 is 1.10 bits per heavy atom. The Labute approximate surface area is 135 Å². The van der Waals surface area contributed by atoms with Gasteiger partial charge in [0.15, 0.2) is 0 Å². The van der Waals surface area contributed by atoms with Gasteiger partial charge < -0.3 is 4.90 Å². The minimum atomic E-state index is 0.734. The summed E-state index contributed by atoms with van der Waals surface area (Å²) in [7, 11) is 0. The van der Waals surface area contributed by atoms with Crippen LogP contribution in [-0.4, -0.2) is 48.5 Å². The van der Waals surface area contributed by atoms with Crippen molar-refractivity contribution in [2.75, 3.05) is 43.5 Å². The van der Waals surface area contributed by atoms with Gasteiger partial charge in [0.2, 0.25) is 0 Å². The zero-order chi connectivity index (χ0) is 14.7. The normalized spacial score (nSPS) is 16.6. The first-order valence-corrected chi connectivity index (χ1v) is 8.27. The molecule has 0 spiro atoms. The zero-order valence-electron chi connectivity index (χ0n) is 11.9. The molecule has 1 fully saturated rings. The zero-order valence-corrected chi connectivity index (χ0v) is 13.4. The minimum absolute atomic E-state index is 0.734. The first kappa shape index (κ1) is 14.9. The molecule has 0 saturated carbocycles. The highest BCUT2D eigenvalue weighted by atomic mass is 35.5. The van der Waals surface area contributed by atoms with Crippen LogP contribution in [0.5, 0.6) is 0 Å². The van der Waals surface area contributed by atoms with Gasteiger partial charge >= 0.3 is 0 Å². The lowest BCUT2D eigenvalue weighted by Gasteiger charge is -2.36. The van der Waals surface area contributed by atoms with E-state index in [1.165, 1.54) is 11.1 Å². The van der Waals surface area contributed by atoms with Crippen molar-refractivity contribution in [1.29, 1.82) is 0 Å². The number of pyridine rings is 1. The average molecular weight is 324 g/mol. The van der Waals surface area contributed by atoms with Crippen LogP contribution in [0.15, 0.2) is 30.5 Å². The second-order valence-corrected chi connectivity index (χ2v) is 6.18. The van der Waals surface area contributed by atoms with Crippen molar-refractivity contribution in [2.24, 2.45) is 0 Å². The highest BCUT2D eigenvalue weighted by Gasteiger charge is 2.18. The molecule has 5 heteroatoms. The van der Waals surface area contributed by atoms with Crippen LogP contribution in [0.25, 0.3) is 10.9 Å². The third kappa shape index (κ3) is 3.42. The second kappa shape index (κ2) is 6.82. The van der Waals surface area contributed by atoms with Crippen molar-refractivity contribution >= 4 is 39.8 Å². The van der Waals surface area contributed by atoms with E-state index in [0.717, 1.165) is 55.6 Å². The van der Waals surface area contributed by atoms with Crippen molar-refractivity contribution in [3.63, 3.8) is 0 Å². The topological polar surface area (TPSA) is 19.4 Å². The standard InChI is InChI=1S/C16H19Cl2N3/c17-5-1-7-20-8-10-21(11-9-20)16-4-6-19-15-12-13(18)2-3-14(15)16/h2-4,6,12H,1,5,7-11H2. The molecule has 21 heavy (non-hydrogen) atoms. The number of fused-ring (bicyclic) bond motifs is 1. The van der Waals surface area contributed by atoms with Gasteiger partial charge in [0.25, 0.3) is 0 Å². The summed E-state index contributed by atoms with van der Waals surface area (Å²) in [6.07, 6.45) is 2.94. The SMILES string of the molecule is ClCCCN1CCN(c2ccnc3cc(Cl)ccc23)CC1. The van der Waals surface area contributed by atoms with Gasteiger partial charge in [-0.1, -0.05) is 11.6 Å². The Morgan fingerprint density at radius 3 is 2.67 bits per heavy atom.